The zero-order valence-electron chi connectivity index (χ0n) is 14.2. The van der Waals surface area contributed by atoms with Gasteiger partial charge in [0.25, 0.3) is 5.91 Å². The molecule has 1 heterocycles. The van der Waals surface area contributed by atoms with Crippen molar-refractivity contribution in [2.45, 2.75) is 6.92 Å². The Bertz CT molecular complexity index is 905. The van der Waals surface area contributed by atoms with Crippen molar-refractivity contribution in [3.63, 3.8) is 0 Å². The van der Waals surface area contributed by atoms with Crippen LogP contribution >= 0.6 is 11.6 Å². The van der Waals surface area contributed by atoms with Crippen molar-refractivity contribution in [3.8, 4) is 11.5 Å². The number of methoxy groups -OCH3 is 1. The molecule has 1 N–H and O–H groups in total. The molecule has 0 saturated carbocycles. The number of imide groups is 1. The molecule has 0 bridgehead atoms. The Morgan fingerprint density at radius 2 is 1.77 bits per heavy atom. The summed E-state index contributed by atoms with van der Waals surface area (Å²) >= 11 is 6.08. The third-order valence-electron chi connectivity index (χ3n) is 3.91. The van der Waals surface area contributed by atoms with Gasteiger partial charge in [-0.15, -0.1) is 0 Å². The number of hydrogen-bond donors (Lipinski definition) is 1. The summed E-state index contributed by atoms with van der Waals surface area (Å²) < 4.78 is 10.4. The predicted octanol–water partition coefficient (Wildman–Crippen LogP) is 3.59. The minimum absolute atomic E-state index is 0.0648. The van der Waals surface area contributed by atoms with E-state index in [0.717, 1.165) is 4.90 Å². The lowest BCUT2D eigenvalue weighted by molar-refractivity contribution is -0.121. The number of benzene rings is 2. The highest BCUT2D eigenvalue weighted by Gasteiger charge is 2.40. The van der Waals surface area contributed by atoms with Crippen LogP contribution in [-0.4, -0.2) is 30.6 Å². The van der Waals surface area contributed by atoms with Gasteiger partial charge in [0.2, 0.25) is 0 Å². The smallest absolute Gasteiger partial charge is 0.301 e. The number of carbonyl (C=O) groups excluding carboxylic acids is 2. The number of rotatable bonds is 5. The zero-order chi connectivity index (χ0) is 18.8. The first-order valence-corrected chi connectivity index (χ1v) is 8.24. The molecule has 2 aromatic rings. The molecule has 1 aliphatic rings. The summed E-state index contributed by atoms with van der Waals surface area (Å²) in [6.45, 7) is 2.37. The van der Waals surface area contributed by atoms with Crippen molar-refractivity contribution in [3.05, 3.63) is 58.8 Å². The average Bonchev–Trinajstić information content (AvgIpc) is 2.85. The molecule has 134 valence electrons. The Hall–Kier alpha value is -2.99. The third-order valence-corrected chi connectivity index (χ3v) is 4.20. The van der Waals surface area contributed by atoms with Crippen LogP contribution in [-0.2, 0) is 9.59 Å². The molecule has 6 nitrogen and oxygen atoms in total. The van der Waals surface area contributed by atoms with Gasteiger partial charge < -0.3 is 14.6 Å². The van der Waals surface area contributed by atoms with E-state index in [0.29, 0.717) is 23.7 Å². The van der Waals surface area contributed by atoms with E-state index in [4.69, 9.17) is 21.1 Å². The molecule has 0 radical (unpaired) electrons. The van der Waals surface area contributed by atoms with Crippen molar-refractivity contribution in [2.75, 3.05) is 18.6 Å². The Morgan fingerprint density at radius 1 is 1.08 bits per heavy atom. The minimum Gasteiger partial charge on any atom is -0.502 e. The molecule has 2 aromatic carbocycles. The topological polar surface area (TPSA) is 76.1 Å². The first-order chi connectivity index (χ1) is 12.5. The largest absolute Gasteiger partial charge is 0.502 e. The van der Waals surface area contributed by atoms with Gasteiger partial charge in [0.15, 0.2) is 5.76 Å². The molecular formula is C19H16ClNO5. The van der Waals surface area contributed by atoms with Gasteiger partial charge in [-0.1, -0.05) is 23.7 Å². The van der Waals surface area contributed by atoms with Crippen molar-refractivity contribution in [2.24, 2.45) is 0 Å². The van der Waals surface area contributed by atoms with E-state index in [2.05, 4.69) is 0 Å². The number of halogens is 1. The van der Waals surface area contributed by atoms with Crippen LogP contribution in [0.15, 0.2) is 48.2 Å². The van der Waals surface area contributed by atoms with Gasteiger partial charge >= 0.3 is 5.91 Å². The van der Waals surface area contributed by atoms with Gasteiger partial charge in [0.1, 0.15) is 11.5 Å². The van der Waals surface area contributed by atoms with E-state index in [9.17, 15) is 14.7 Å². The fourth-order valence-corrected chi connectivity index (χ4v) is 2.94. The van der Waals surface area contributed by atoms with Crippen LogP contribution < -0.4 is 14.4 Å². The standard InChI is InChI=1S/C19H16ClNO5/c1-3-26-13-7-4-11(5-8-13)16-17(22)19(24)21(18(16)23)12-6-9-15(25-2)14(20)10-12/h4-10,22H,3H2,1-2H3. The van der Waals surface area contributed by atoms with Crippen LogP contribution in [0, 0.1) is 0 Å². The minimum atomic E-state index is -0.805. The summed E-state index contributed by atoms with van der Waals surface area (Å²) in [5, 5.41) is 10.5. The second kappa shape index (κ2) is 7.09. The van der Waals surface area contributed by atoms with Gasteiger partial charge in [-0.2, -0.15) is 0 Å². The number of hydrogen-bond acceptors (Lipinski definition) is 5. The number of ether oxygens (including phenoxy) is 2. The maximum absolute atomic E-state index is 12.8. The molecule has 0 saturated heterocycles. The molecular weight excluding hydrogens is 358 g/mol. The molecule has 0 unspecified atom stereocenters. The molecule has 1 aliphatic heterocycles. The highest BCUT2D eigenvalue weighted by molar-refractivity contribution is 6.45. The third kappa shape index (κ3) is 2.99. The fraction of sp³-hybridized carbons (Fsp3) is 0.158. The average molecular weight is 374 g/mol. The highest BCUT2D eigenvalue weighted by atomic mass is 35.5. The Morgan fingerprint density at radius 3 is 2.35 bits per heavy atom. The van der Waals surface area contributed by atoms with Crippen LogP contribution in [0.5, 0.6) is 11.5 Å². The van der Waals surface area contributed by atoms with Gasteiger partial charge in [0.05, 0.1) is 30.0 Å². The number of aliphatic hydroxyl groups is 1. The maximum atomic E-state index is 12.8. The van der Waals surface area contributed by atoms with E-state index in [1.165, 1.54) is 19.2 Å². The normalized spacial score (nSPS) is 14.2. The first-order valence-electron chi connectivity index (χ1n) is 7.86. The Balaban J connectivity index is 1.96. The monoisotopic (exact) mass is 373 g/mol. The van der Waals surface area contributed by atoms with Crippen LogP contribution in [0.1, 0.15) is 12.5 Å². The molecule has 0 fully saturated rings. The summed E-state index contributed by atoms with van der Waals surface area (Å²) in [7, 11) is 1.46. The van der Waals surface area contributed by atoms with Gasteiger partial charge in [-0.3, -0.25) is 9.59 Å². The lowest BCUT2D eigenvalue weighted by Gasteiger charge is -2.16. The van der Waals surface area contributed by atoms with Crippen molar-refractivity contribution in [1.82, 2.24) is 0 Å². The Labute approximate surface area is 155 Å². The summed E-state index contributed by atoms with van der Waals surface area (Å²) in [5.41, 5.74) is 0.606. The number of anilines is 1. The summed E-state index contributed by atoms with van der Waals surface area (Å²) in [4.78, 5) is 26.1. The second-order valence-electron chi connectivity index (χ2n) is 5.45. The predicted molar refractivity (Wildman–Crippen MR) is 97.7 cm³/mol. The summed E-state index contributed by atoms with van der Waals surface area (Å²) in [6.07, 6.45) is 0. The molecule has 3 rings (SSSR count). The molecule has 26 heavy (non-hydrogen) atoms. The van der Waals surface area contributed by atoms with Crippen LogP contribution in [0.2, 0.25) is 5.02 Å². The lowest BCUT2D eigenvalue weighted by atomic mass is 10.1. The van der Waals surface area contributed by atoms with Crippen molar-refractivity contribution in [1.29, 1.82) is 0 Å². The van der Waals surface area contributed by atoms with Gasteiger partial charge in [-0.05, 0) is 42.8 Å². The van der Waals surface area contributed by atoms with Crippen molar-refractivity contribution < 1.29 is 24.2 Å². The summed E-state index contributed by atoms with van der Waals surface area (Å²) in [5.74, 6) is -0.991. The number of carbonyl (C=O) groups is 2. The lowest BCUT2D eigenvalue weighted by Crippen LogP contribution is -2.31. The van der Waals surface area contributed by atoms with Gasteiger partial charge in [0, 0.05) is 0 Å². The highest BCUT2D eigenvalue weighted by Crippen LogP contribution is 2.35. The Kier molecular flexibility index (Phi) is 4.86. The number of amides is 2. The first kappa shape index (κ1) is 17.8. The molecule has 0 aromatic heterocycles. The van der Waals surface area contributed by atoms with E-state index in [-0.39, 0.29) is 16.3 Å². The molecule has 0 spiro atoms. The molecule has 0 atom stereocenters. The number of aliphatic hydroxyl groups excluding tert-OH is 1. The van der Waals surface area contributed by atoms with E-state index in [1.807, 2.05) is 6.92 Å². The maximum Gasteiger partial charge on any atom is 0.301 e. The molecule has 2 amide bonds. The van der Waals surface area contributed by atoms with E-state index in [1.54, 1.807) is 30.3 Å². The van der Waals surface area contributed by atoms with Crippen LogP contribution in [0.4, 0.5) is 5.69 Å². The van der Waals surface area contributed by atoms with E-state index < -0.39 is 17.6 Å². The quantitative estimate of drug-likeness (QED) is 0.810. The van der Waals surface area contributed by atoms with Crippen molar-refractivity contribution >= 4 is 34.7 Å². The second-order valence-corrected chi connectivity index (χ2v) is 5.85. The van der Waals surface area contributed by atoms with Crippen LogP contribution in [0.3, 0.4) is 0 Å². The van der Waals surface area contributed by atoms with E-state index >= 15 is 0 Å². The number of nitrogens with zero attached hydrogens (tertiary/aromatic N) is 1. The van der Waals surface area contributed by atoms with Gasteiger partial charge in [-0.25, -0.2) is 4.90 Å². The SMILES string of the molecule is CCOc1ccc(C2=C(O)C(=O)N(c3ccc(OC)c(Cl)c3)C2=O)cc1. The molecule has 7 heteroatoms. The van der Waals surface area contributed by atoms with Crippen LogP contribution in [0.25, 0.3) is 5.57 Å². The summed E-state index contributed by atoms with van der Waals surface area (Å²) in [6, 6.07) is 11.1. The fourth-order valence-electron chi connectivity index (χ4n) is 2.69. The molecule has 0 aliphatic carbocycles. The zero-order valence-corrected chi connectivity index (χ0v) is 14.9.